The number of hydrogen-bond donors (Lipinski definition) is 1. The maximum Gasteiger partial charge on any atom is 0.241 e. The summed E-state index contributed by atoms with van der Waals surface area (Å²) in [5.74, 6) is -1.26. The molecule has 1 aromatic carbocycles. The van der Waals surface area contributed by atoms with Crippen molar-refractivity contribution >= 4 is 21.4 Å². The highest BCUT2D eigenvalue weighted by Gasteiger charge is 2.17. The zero-order valence-electron chi connectivity index (χ0n) is 11.6. The number of thiophene rings is 1. The molecule has 8 heteroatoms. The van der Waals surface area contributed by atoms with Crippen LogP contribution in [0.4, 0.5) is 8.78 Å². The Morgan fingerprint density at radius 1 is 1.09 bits per heavy atom. The molecule has 0 fully saturated rings. The van der Waals surface area contributed by atoms with Crippen LogP contribution in [0.2, 0.25) is 0 Å². The standard InChI is InChI=1S/C15H11F2NO3S2/c16-12-5-4-11(8-13(12)17)23(19,20)18-9-10-3-6-14(21-10)15-2-1-7-22-15/h1-8,18H,9H2. The zero-order chi connectivity index (χ0) is 16.4. The van der Waals surface area contributed by atoms with Crippen LogP contribution in [0.5, 0.6) is 0 Å². The van der Waals surface area contributed by atoms with Gasteiger partial charge in [-0.15, -0.1) is 11.3 Å². The van der Waals surface area contributed by atoms with E-state index >= 15 is 0 Å². The second kappa shape index (κ2) is 6.23. The summed E-state index contributed by atoms with van der Waals surface area (Å²) in [6.07, 6.45) is 0. The molecule has 23 heavy (non-hydrogen) atoms. The molecule has 3 aromatic rings. The van der Waals surface area contributed by atoms with Crippen LogP contribution in [0.15, 0.2) is 57.2 Å². The van der Waals surface area contributed by atoms with Crippen molar-refractivity contribution in [2.75, 3.05) is 0 Å². The maximum atomic E-state index is 13.1. The van der Waals surface area contributed by atoms with E-state index in [0.29, 0.717) is 17.6 Å². The summed E-state index contributed by atoms with van der Waals surface area (Å²) in [6.45, 7) is -0.0906. The first-order valence-electron chi connectivity index (χ1n) is 6.53. The molecule has 0 saturated carbocycles. The molecule has 3 rings (SSSR count). The van der Waals surface area contributed by atoms with E-state index in [9.17, 15) is 17.2 Å². The van der Waals surface area contributed by atoms with Gasteiger partial charge in [0.2, 0.25) is 10.0 Å². The Kier molecular flexibility index (Phi) is 4.29. The molecule has 2 aromatic heterocycles. The minimum absolute atomic E-state index is 0.0906. The van der Waals surface area contributed by atoms with E-state index < -0.39 is 21.7 Å². The van der Waals surface area contributed by atoms with Crippen LogP contribution in [0.1, 0.15) is 5.76 Å². The molecule has 0 aliphatic carbocycles. The van der Waals surface area contributed by atoms with Gasteiger partial charge in [0.05, 0.1) is 16.3 Å². The first kappa shape index (κ1) is 15.9. The van der Waals surface area contributed by atoms with Gasteiger partial charge in [-0.05, 0) is 41.8 Å². The lowest BCUT2D eigenvalue weighted by Gasteiger charge is -2.05. The second-order valence-corrected chi connectivity index (χ2v) is 7.36. The van der Waals surface area contributed by atoms with Crippen molar-refractivity contribution in [3.05, 3.63) is 65.2 Å². The summed E-state index contributed by atoms with van der Waals surface area (Å²) in [5, 5.41) is 1.91. The summed E-state index contributed by atoms with van der Waals surface area (Å²) >= 11 is 1.50. The number of nitrogens with one attached hydrogen (secondary N) is 1. The minimum Gasteiger partial charge on any atom is -0.459 e. The van der Waals surface area contributed by atoms with E-state index in [1.54, 1.807) is 12.1 Å². The fourth-order valence-electron chi connectivity index (χ4n) is 1.92. The van der Waals surface area contributed by atoms with E-state index in [-0.39, 0.29) is 11.4 Å². The van der Waals surface area contributed by atoms with Gasteiger partial charge < -0.3 is 4.42 Å². The van der Waals surface area contributed by atoms with Crippen LogP contribution >= 0.6 is 11.3 Å². The van der Waals surface area contributed by atoms with Gasteiger partial charge in [0.25, 0.3) is 0 Å². The predicted molar refractivity (Wildman–Crippen MR) is 82.4 cm³/mol. The largest absolute Gasteiger partial charge is 0.459 e. The average Bonchev–Trinajstić information content (AvgIpc) is 3.18. The molecule has 0 unspecified atom stereocenters. The quantitative estimate of drug-likeness (QED) is 0.758. The topological polar surface area (TPSA) is 59.3 Å². The van der Waals surface area contributed by atoms with Crippen molar-refractivity contribution in [3.8, 4) is 10.6 Å². The molecular formula is C15H11F2NO3S2. The highest BCUT2D eigenvalue weighted by atomic mass is 32.2. The summed E-state index contributed by atoms with van der Waals surface area (Å²) in [5.41, 5.74) is 0. The van der Waals surface area contributed by atoms with Crippen molar-refractivity contribution in [1.82, 2.24) is 4.72 Å². The van der Waals surface area contributed by atoms with Crippen LogP contribution in [0.3, 0.4) is 0 Å². The highest BCUT2D eigenvalue weighted by Crippen LogP contribution is 2.26. The maximum absolute atomic E-state index is 13.1. The monoisotopic (exact) mass is 355 g/mol. The van der Waals surface area contributed by atoms with Gasteiger partial charge >= 0.3 is 0 Å². The van der Waals surface area contributed by atoms with Crippen LogP contribution in [-0.4, -0.2) is 8.42 Å². The van der Waals surface area contributed by atoms with E-state index in [4.69, 9.17) is 4.42 Å². The molecule has 4 nitrogen and oxygen atoms in total. The zero-order valence-corrected chi connectivity index (χ0v) is 13.3. The Labute approximate surface area is 135 Å². The molecule has 0 spiro atoms. The van der Waals surface area contributed by atoms with Crippen LogP contribution < -0.4 is 4.72 Å². The number of hydrogen-bond acceptors (Lipinski definition) is 4. The second-order valence-electron chi connectivity index (χ2n) is 4.64. The molecule has 0 aliphatic rings. The molecule has 0 atom stereocenters. The van der Waals surface area contributed by atoms with Gasteiger partial charge in [-0.1, -0.05) is 6.07 Å². The number of rotatable bonds is 5. The molecule has 0 saturated heterocycles. The van der Waals surface area contributed by atoms with Gasteiger partial charge in [-0.25, -0.2) is 21.9 Å². The van der Waals surface area contributed by atoms with Crippen LogP contribution in [-0.2, 0) is 16.6 Å². The molecule has 0 bridgehead atoms. The minimum atomic E-state index is -3.96. The lowest BCUT2D eigenvalue weighted by molar-refractivity contribution is 0.501. The van der Waals surface area contributed by atoms with Crippen molar-refractivity contribution < 1.29 is 21.6 Å². The van der Waals surface area contributed by atoms with Gasteiger partial charge in [-0.3, -0.25) is 0 Å². The number of furan rings is 1. The summed E-state index contributed by atoms with van der Waals surface area (Å²) < 4.78 is 58.0. The Bertz CT molecular complexity index is 918. The van der Waals surface area contributed by atoms with Gasteiger partial charge in [0.1, 0.15) is 11.5 Å². The highest BCUT2D eigenvalue weighted by molar-refractivity contribution is 7.89. The Morgan fingerprint density at radius 2 is 1.91 bits per heavy atom. The normalized spacial score (nSPS) is 11.7. The summed E-state index contributed by atoms with van der Waals surface area (Å²) in [6, 6.07) is 9.57. The SMILES string of the molecule is O=S(=O)(NCc1ccc(-c2cccs2)o1)c1ccc(F)c(F)c1. The fourth-order valence-corrected chi connectivity index (χ4v) is 3.61. The Morgan fingerprint density at radius 3 is 2.61 bits per heavy atom. The molecule has 0 radical (unpaired) electrons. The molecule has 1 N–H and O–H groups in total. The molecule has 0 aliphatic heterocycles. The van der Waals surface area contributed by atoms with Crippen molar-refractivity contribution in [2.45, 2.75) is 11.4 Å². The smallest absolute Gasteiger partial charge is 0.241 e. The van der Waals surface area contributed by atoms with Gasteiger partial charge in [0.15, 0.2) is 11.6 Å². The van der Waals surface area contributed by atoms with E-state index in [0.717, 1.165) is 17.0 Å². The third-order valence-electron chi connectivity index (χ3n) is 3.06. The summed E-state index contributed by atoms with van der Waals surface area (Å²) in [4.78, 5) is 0.584. The Balaban J connectivity index is 1.73. The number of sulfonamides is 1. The first-order valence-corrected chi connectivity index (χ1v) is 8.89. The van der Waals surface area contributed by atoms with E-state index in [1.165, 1.54) is 11.3 Å². The van der Waals surface area contributed by atoms with E-state index in [2.05, 4.69) is 4.72 Å². The van der Waals surface area contributed by atoms with Gasteiger partial charge in [0, 0.05) is 0 Å². The molecule has 2 heterocycles. The lowest BCUT2D eigenvalue weighted by Crippen LogP contribution is -2.23. The number of halogens is 2. The van der Waals surface area contributed by atoms with Crippen molar-refractivity contribution in [2.24, 2.45) is 0 Å². The average molecular weight is 355 g/mol. The fraction of sp³-hybridized carbons (Fsp3) is 0.0667. The first-order chi connectivity index (χ1) is 11.0. The third-order valence-corrected chi connectivity index (χ3v) is 5.35. The third kappa shape index (κ3) is 3.49. The van der Waals surface area contributed by atoms with Crippen LogP contribution in [0, 0.1) is 11.6 Å². The predicted octanol–water partition coefficient (Wildman–Crippen LogP) is 3.76. The van der Waals surface area contributed by atoms with E-state index in [1.807, 2.05) is 17.5 Å². The lowest BCUT2D eigenvalue weighted by atomic mass is 10.3. The van der Waals surface area contributed by atoms with Crippen LogP contribution in [0.25, 0.3) is 10.6 Å². The van der Waals surface area contributed by atoms with Crippen molar-refractivity contribution in [1.29, 1.82) is 0 Å². The molecule has 0 amide bonds. The van der Waals surface area contributed by atoms with Crippen molar-refractivity contribution in [3.63, 3.8) is 0 Å². The Hall–Kier alpha value is -2.03. The molecular weight excluding hydrogens is 344 g/mol. The molecule has 120 valence electrons. The van der Waals surface area contributed by atoms with Gasteiger partial charge in [-0.2, -0.15) is 0 Å². The summed E-state index contributed by atoms with van der Waals surface area (Å²) in [7, 11) is -3.96. The number of benzene rings is 1.